The van der Waals surface area contributed by atoms with Crippen molar-refractivity contribution in [3.63, 3.8) is 0 Å². The smallest absolute Gasteiger partial charge is 0.326 e. The maximum atomic E-state index is 12.8. The van der Waals surface area contributed by atoms with Gasteiger partial charge in [-0.1, -0.05) is 0 Å². The first-order valence-corrected chi connectivity index (χ1v) is 10.6. The fourth-order valence-electron chi connectivity index (χ4n) is 2.70. The van der Waals surface area contributed by atoms with Crippen molar-refractivity contribution in [2.24, 2.45) is 17.2 Å². The molecule has 0 aliphatic carbocycles. The summed E-state index contributed by atoms with van der Waals surface area (Å²) in [5, 5.41) is 15.9. The van der Waals surface area contributed by atoms with Gasteiger partial charge in [0, 0.05) is 30.5 Å². The van der Waals surface area contributed by atoms with Gasteiger partial charge in [-0.25, -0.2) is 9.78 Å². The number of thiol groups is 1. The van der Waals surface area contributed by atoms with Gasteiger partial charge in [-0.15, -0.1) is 0 Å². The van der Waals surface area contributed by atoms with Crippen molar-refractivity contribution in [3.05, 3.63) is 18.2 Å². The van der Waals surface area contributed by atoms with Gasteiger partial charge in [-0.2, -0.15) is 12.6 Å². The number of aliphatic carboxylic acids is 1. The second-order valence-electron chi connectivity index (χ2n) is 7.27. The topological polar surface area (TPSA) is 265 Å². The minimum Gasteiger partial charge on any atom is -0.480 e. The first-order valence-electron chi connectivity index (χ1n) is 9.98. The predicted molar refractivity (Wildman–Crippen MR) is 120 cm³/mol. The predicted octanol–water partition coefficient (Wildman–Crippen LogP) is -4.11. The van der Waals surface area contributed by atoms with Crippen molar-refractivity contribution >= 4 is 48.1 Å². The minimum absolute atomic E-state index is 0.0914. The molecule has 0 saturated carbocycles. The standard InChI is InChI=1S/C18H28N8O7S/c19-9(3-8-5-22-7-23-8)15(29)24-10(1-2-13(20)27)16(30)26-12(6-34)17(31)25-11(18(32)33)4-14(21)28/h5,7,9-12,34H,1-4,6,19H2,(H2,20,27)(H2,21,28)(H,22,23)(H,24,29)(H,25,31)(H,26,30)(H,32,33). The molecule has 0 aliphatic rings. The van der Waals surface area contributed by atoms with Crippen molar-refractivity contribution in [2.45, 2.75) is 49.9 Å². The molecule has 4 unspecified atom stereocenters. The summed E-state index contributed by atoms with van der Waals surface area (Å²) >= 11 is 3.97. The number of aromatic amines is 1. The van der Waals surface area contributed by atoms with E-state index >= 15 is 0 Å². The quantitative estimate of drug-likeness (QED) is 0.106. The number of imidazole rings is 1. The summed E-state index contributed by atoms with van der Waals surface area (Å²) in [5.74, 6) is -5.97. The largest absolute Gasteiger partial charge is 0.480 e. The number of carboxylic acids is 1. The van der Waals surface area contributed by atoms with Crippen LogP contribution in [0, 0.1) is 0 Å². The molecule has 0 fully saturated rings. The molecular formula is C18H28N8O7S. The van der Waals surface area contributed by atoms with Crippen LogP contribution in [0.4, 0.5) is 0 Å². The third-order valence-corrected chi connectivity index (χ3v) is 4.84. The monoisotopic (exact) mass is 500 g/mol. The minimum atomic E-state index is -1.62. The molecule has 16 heteroatoms. The van der Waals surface area contributed by atoms with Gasteiger partial charge in [0.05, 0.1) is 18.8 Å². The lowest BCUT2D eigenvalue weighted by atomic mass is 10.1. The SMILES string of the molecule is NC(=O)CCC(NC(=O)C(N)Cc1cnc[nH]1)C(=O)NC(CS)C(=O)NC(CC(N)=O)C(=O)O. The van der Waals surface area contributed by atoms with Crippen LogP contribution in [0.3, 0.4) is 0 Å². The van der Waals surface area contributed by atoms with E-state index in [2.05, 4.69) is 38.5 Å². The highest BCUT2D eigenvalue weighted by atomic mass is 32.1. The highest BCUT2D eigenvalue weighted by Crippen LogP contribution is 2.03. The lowest BCUT2D eigenvalue weighted by Crippen LogP contribution is -2.58. The Balaban J connectivity index is 2.86. The molecule has 15 nitrogen and oxygen atoms in total. The number of H-pyrrole nitrogens is 1. The number of hydrogen-bond donors (Lipinski definition) is 9. The summed E-state index contributed by atoms with van der Waals surface area (Å²) in [7, 11) is 0. The molecule has 1 aromatic heterocycles. The van der Waals surface area contributed by atoms with Crippen LogP contribution in [0.2, 0.25) is 0 Å². The summed E-state index contributed by atoms with van der Waals surface area (Å²) in [6, 6.07) is -5.30. The summed E-state index contributed by atoms with van der Waals surface area (Å²) in [5.41, 5.74) is 16.5. The molecule has 0 radical (unpaired) electrons. The highest BCUT2D eigenvalue weighted by molar-refractivity contribution is 7.80. The van der Waals surface area contributed by atoms with Crippen molar-refractivity contribution in [1.82, 2.24) is 25.9 Å². The third-order valence-electron chi connectivity index (χ3n) is 4.48. The first-order chi connectivity index (χ1) is 15.9. The van der Waals surface area contributed by atoms with Crippen LogP contribution in [0.15, 0.2) is 12.5 Å². The lowest BCUT2D eigenvalue weighted by Gasteiger charge is -2.24. The molecular weight excluding hydrogens is 472 g/mol. The number of nitrogens with zero attached hydrogens (tertiary/aromatic N) is 1. The third kappa shape index (κ3) is 9.86. The average Bonchev–Trinajstić information content (AvgIpc) is 3.26. The molecule has 1 aromatic rings. The lowest BCUT2D eigenvalue weighted by molar-refractivity contribution is -0.143. The molecule has 0 aromatic carbocycles. The number of amides is 5. The van der Waals surface area contributed by atoms with Crippen LogP contribution in [0.1, 0.15) is 25.0 Å². The van der Waals surface area contributed by atoms with E-state index in [4.69, 9.17) is 22.3 Å². The van der Waals surface area contributed by atoms with E-state index in [1.807, 2.05) is 0 Å². The normalized spacial score (nSPS) is 14.2. The highest BCUT2D eigenvalue weighted by Gasteiger charge is 2.30. The maximum Gasteiger partial charge on any atom is 0.326 e. The number of hydrogen-bond acceptors (Lipinski definition) is 9. The Morgan fingerprint density at radius 1 is 0.971 bits per heavy atom. The number of carbonyl (C=O) groups is 6. The van der Waals surface area contributed by atoms with Gasteiger partial charge in [-0.05, 0) is 6.42 Å². The number of primary amides is 2. The zero-order valence-electron chi connectivity index (χ0n) is 18.0. The molecule has 34 heavy (non-hydrogen) atoms. The average molecular weight is 501 g/mol. The first kappa shape index (κ1) is 28.4. The van der Waals surface area contributed by atoms with Gasteiger partial charge in [-0.3, -0.25) is 24.0 Å². The van der Waals surface area contributed by atoms with Gasteiger partial charge >= 0.3 is 5.97 Å². The summed E-state index contributed by atoms with van der Waals surface area (Å²) in [4.78, 5) is 77.7. The van der Waals surface area contributed by atoms with E-state index < -0.39 is 66.1 Å². The number of carbonyl (C=O) groups excluding carboxylic acids is 5. The molecule has 0 saturated heterocycles. The van der Waals surface area contributed by atoms with Gasteiger partial charge in [0.25, 0.3) is 0 Å². The molecule has 0 spiro atoms. The van der Waals surface area contributed by atoms with Gasteiger partial charge < -0.3 is 43.2 Å². The molecule has 4 atom stereocenters. The fraction of sp³-hybridized carbons (Fsp3) is 0.500. The molecule has 0 aliphatic heterocycles. The van der Waals surface area contributed by atoms with E-state index in [0.717, 1.165) is 0 Å². The summed E-state index contributed by atoms with van der Waals surface area (Å²) in [6.45, 7) is 0. The summed E-state index contributed by atoms with van der Waals surface area (Å²) in [6.07, 6.45) is 1.86. The van der Waals surface area contributed by atoms with E-state index in [1.54, 1.807) is 0 Å². The van der Waals surface area contributed by atoms with Gasteiger partial charge in [0.2, 0.25) is 29.5 Å². The zero-order chi connectivity index (χ0) is 25.8. The number of aromatic nitrogens is 2. The van der Waals surface area contributed by atoms with E-state index in [1.165, 1.54) is 12.5 Å². The van der Waals surface area contributed by atoms with E-state index in [9.17, 15) is 28.8 Å². The van der Waals surface area contributed by atoms with Crippen LogP contribution < -0.4 is 33.2 Å². The maximum absolute atomic E-state index is 12.8. The van der Waals surface area contributed by atoms with Crippen molar-refractivity contribution < 1.29 is 33.9 Å². The molecule has 5 amide bonds. The number of rotatable bonds is 15. The molecule has 1 rings (SSSR count). The molecule has 11 N–H and O–H groups in total. The van der Waals surface area contributed by atoms with E-state index in [-0.39, 0.29) is 25.0 Å². The Kier molecular flexibility index (Phi) is 11.5. The Labute approximate surface area is 199 Å². The van der Waals surface area contributed by atoms with Crippen LogP contribution in [0.5, 0.6) is 0 Å². The summed E-state index contributed by atoms with van der Waals surface area (Å²) < 4.78 is 0. The Morgan fingerprint density at radius 3 is 2.06 bits per heavy atom. The van der Waals surface area contributed by atoms with Crippen LogP contribution in [-0.2, 0) is 35.2 Å². The second-order valence-corrected chi connectivity index (χ2v) is 7.63. The van der Waals surface area contributed by atoms with Gasteiger partial charge in [0.15, 0.2) is 0 Å². The Morgan fingerprint density at radius 2 is 1.56 bits per heavy atom. The molecule has 0 bridgehead atoms. The number of nitrogens with two attached hydrogens (primary N) is 3. The number of nitrogens with one attached hydrogen (secondary N) is 4. The Bertz CT molecular complexity index is 895. The molecule has 1 heterocycles. The second kappa shape index (κ2) is 13.8. The van der Waals surface area contributed by atoms with E-state index in [0.29, 0.717) is 5.69 Å². The molecule has 188 valence electrons. The fourth-order valence-corrected chi connectivity index (χ4v) is 2.96. The van der Waals surface area contributed by atoms with Crippen molar-refractivity contribution in [2.75, 3.05) is 5.75 Å². The van der Waals surface area contributed by atoms with Gasteiger partial charge in [0.1, 0.15) is 18.1 Å². The van der Waals surface area contributed by atoms with Crippen LogP contribution in [-0.4, -0.2) is 80.5 Å². The van der Waals surface area contributed by atoms with Crippen molar-refractivity contribution in [3.8, 4) is 0 Å². The van der Waals surface area contributed by atoms with Crippen LogP contribution >= 0.6 is 12.6 Å². The zero-order valence-corrected chi connectivity index (χ0v) is 18.9. The van der Waals surface area contributed by atoms with Crippen molar-refractivity contribution in [1.29, 1.82) is 0 Å². The van der Waals surface area contributed by atoms with Crippen LogP contribution in [0.25, 0.3) is 0 Å². The number of carboxylic acid groups (broad SMARTS) is 1. The Hall–Kier alpha value is -3.66.